The van der Waals surface area contributed by atoms with Gasteiger partial charge in [0.05, 0.1) is 13.2 Å². The molecule has 1 saturated heterocycles. The molecule has 1 atom stereocenters. The van der Waals surface area contributed by atoms with Gasteiger partial charge in [-0.1, -0.05) is 29.1 Å². The van der Waals surface area contributed by atoms with Crippen molar-refractivity contribution in [2.45, 2.75) is 26.1 Å². The summed E-state index contributed by atoms with van der Waals surface area (Å²) >= 11 is 0. The van der Waals surface area contributed by atoms with E-state index in [1.807, 2.05) is 24.3 Å². The molecule has 1 fully saturated rings. The molecule has 1 N–H and O–H groups in total. The molecule has 5 rings (SSSR count). The molecular weight excluding hydrogens is 442 g/mol. The van der Waals surface area contributed by atoms with Crippen LogP contribution in [0.25, 0.3) is 11.4 Å². The van der Waals surface area contributed by atoms with E-state index in [4.69, 9.17) is 9.26 Å². The molecule has 8 nitrogen and oxygen atoms in total. The number of benzene rings is 2. The van der Waals surface area contributed by atoms with Crippen molar-refractivity contribution in [3.63, 3.8) is 0 Å². The van der Waals surface area contributed by atoms with Crippen LogP contribution in [0.4, 0.5) is 0 Å². The highest BCUT2D eigenvalue weighted by atomic mass is 16.5. The molecule has 0 radical (unpaired) electrons. The van der Waals surface area contributed by atoms with Crippen LogP contribution in [0.3, 0.4) is 0 Å². The van der Waals surface area contributed by atoms with E-state index in [-0.39, 0.29) is 0 Å². The van der Waals surface area contributed by atoms with Gasteiger partial charge in [0.25, 0.3) is 0 Å². The van der Waals surface area contributed by atoms with Crippen LogP contribution >= 0.6 is 0 Å². The second kappa shape index (κ2) is 10.7. The largest absolute Gasteiger partial charge is 0.385 e. The quantitative estimate of drug-likeness (QED) is 0.434. The zero-order valence-electron chi connectivity index (χ0n) is 19.6. The predicted octanol–water partition coefficient (Wildman–Crippen LogP) is 3.27. The summed E-state index contributed by atoms with van der Waals surface area (Å²) in [4.78, 5) is 11.0. The standard InChI is InChI=1S/C27H27N5O3/c1-20(33)27-28-12-13-32(27)19-25-29-26(30-35-25)24-10-8-22(9-11-24)3-2-21-4-6-23(7-5-21)18-31-14-16-34-17-15-31/h4-13,20,33H,14-19H2,1H3/t20-/m0/s1. The SMILES string of the molecule is C[C@H](O)c1nccn1Cc1nc(-c2ccc(C#Cc3ccc(CN4CCOCC4)cc3)cc2)no1. The van der Waals surface area contributed by atoms with Gasteiger partial charge in [-0.2, -0.15) is 4.98 Å². The number of morpholine rings is 1. The lowest BCUT2D eigenvalue weighted by atomic mass is 10.1. The van der Waals surface area contributed by atoms with E-state index in [0.717, 1.165) is 49.5 Å². The van der Waals surface area contributed by atoms with Crippen molar-refractivity contribution in [3.8, 4) is 23.2 Å². The topological polar surface area (TPSA) is 89.4 Å². The molecule has 2 aromatic heterocycles. The Morgan fingerprint density at radius 3 is 2.34 bits per heavy atom. The van der Waals surface area contributed by atoms with Gasteiger partial charge in [-0.25, -0.2) is 4.98 Å². The lowest BCUT2D eigenvalue weighted by molar-refractivity contribution is 0.0342. The van der Waals surface area contributed by atoms with Crippen molar-refractivity contribution in [1.82, 2.24) is 24.6 Å². The Kier molecular flexibility index (Phi) is 7.00. The molecule has 178 valence electrons. The van der Waals surface area contributed by atoms with Crippen LogP contribution < -0.4 is 0 Å². The molecule has 8 heteroatoms. The van der Waals surface area contributed by atoms with E-state index in [2.05, 4.69) is 56.1 Å². The van der Waals surface area contributed by atoms with Gasteiger partial charge in [-0.3, -0.25) is 4.90 Å². The smallest absolute Gasteiger partial charge is 0.246 e. The number of nitrogens with zero attached hydrogens (tertiary/aromatic N) is 5. The average Bonchev–Trinajstić information content (AvgIpc) is 3.55. The Labute approximate surface area is 204 Å². The van der Waals surface area contributed by atoms with Crippen LogP contribution in [-0.4, -0.2) is 56.0 Å². The Morgan fingerprint density at radius 1 is 0.971 bits per heavy atom. The first-order valence-corrected chi connectivity index (χ1v) is 11.7. The van der Waals surface area contributed by atoms with E-state index in [1.54, 1.807) is 23.9 Å². The number of rotatable bonds is 6. The monoisotopic (exact) mass is 469 g/mol. The summed E-state index contributed by atoms with van der Waals surface area (Å²) in [5.41, 5.74) is 4.03. The summed E-state index contributed by atoms with van der Waals surface area (Å²) in [6.07, 6.45) is 2.74. The van der Waals surface area contributed by atoms with Gasteiger partial charge in [0, 0.05) is 48.7 Å². The van der Waals surface area contributed by atoms with Crippen LogP contribution in [0, 0.1) is 11.8 Å². The maximum absolute atomic E-state index is 9.80. The molecule has 4 aromatic rings. The highest BCUT2D eigenvalue weighted by Gasteiger charge is 2.14. The number of imidazole rings is 1. The fourth-order valence-electron chi connectivity index (χ4n) is 3.96. The van der Waals surface area contributed by atoms with Gasteiger partial charge < -0.3 is 18.9 Å². The zero-order chi connectivity index (χ0) is 24.0. The molecule has 2 aromatic carbocycles. The fourth-order valence-corrected chi connectivity index (χ4v) is 3.96. The Morgan fingerprint density at radius 2 is 1.66 bits per heavy atom. The maximum atomic E-state index is 9.80. The van der Waals surface area contributed by atoms with E-state index in [1.165, 1.54) is 5.56 Å². The van der Waals surface area contributed by atoms with E-state index in [9.17, 15) is 5.11 Å². The predicted molar refractivity (Wildman–Crippen MR) is 130 cm³/mol. The fraction of sp³-hybridized carbons (Fsp3) is 0.296. The lowest BCUT2D eigenvalue weighted by Gasteiger charge is -2.26. The summed E-state index contributed by atoms with van der Waals surface area (Å²) in [6.45, 7) is 6.56. The van der Waals surface area contributed by atoms with Gasteiger partial charge >= 0.3 is 0 Å². The van der Waals surface area contributed by atoms with Crippen LogP contribution in [-0.2, 0) is 17.8 Å². The summed E-state index contributed by atoms with van der Waals surface area (Å²) in [5, 5.41) is 13.9. The Balaban J connectivity index is 1.20. The van der Waals surface area contributed by atoms with Crippen molar-refractivity contribution in [2.24, 2.45) is 0 Å². The van der Waals surface area contributed by atoms with Gasteiger partial charge in [0.1, 0.15) is 18.5 Å². The number of hydrogen-bond donors (Lipinski definition) is 1. The third kappa shape index (κ3) is 5.84. The van der Waals surface area contributed by atoms with Gasteiger partial charge in [-0.15, -0.1) is 0 Å². The molecule has 0 saturated carbocycles. The van der Waals surface area contributed by atoms with Crippen molar-refractivity contribution in [3.05, 3.63) is 89.3 Å². The number of aromatic nitrogens is 4. The Bertz CT molecular complexity index is 1310. The molecule has 0 unspecified atom stereocenters. The molecule has 0 aliphatic carbocycles. The molecule has 0 spiro atoms. The highest BCUT2D eigenvalue weighted by Crippen LogP contribution is 2.18. The number of aliphatic hydroxyl groups excluding tert-OH is 1. The molecule has 1 aliphatic heterocycles. The summed E-state index contributed by atoms with van der Waals surface area (Å²) in [7, 11) is 0. The normalized spacial score (nSPS) is 14.9. The minimum atomic E-state index is -0.672. The van der Waals surface area contributed by atoms with E-state index < -0.39 is 6.10 Å². The van der Waals surface area contributed by atoms with Crippen LogP contribution in [0.2, 0.25) is 0 Å². The molecule has 35 heavy (non-hydrogen) atoms. The van der Waals surface area contributed by atoms with E-state index in [0.29, 0.717) is 24.1 Å². The molecule has 0 amide bonds. The van der Waals surface area contributed by atoms with Crippen molar-refractivity contribution >= 4 is 0 Å². The molecule has 0 bridgehead atoms. The third-order valence-electron chi connectivity index (χ3n) is 5.85. The van der Waals surface area contributed by atoms with Crippen LogP contribution in [0.15, 0.2) is 65.4 Å². The van der Waals surface area contributed by atoms with E-state index >= 15 is 0 Å². The summed E-state index contributed by atoms with van der Waals surface area (Å²) in [5.74, 6) is 7.96. The lowest BCUT2D eigenvalue weighted by Crippen LogP contribution is -2.35. The first kappa shape index (κ1) is 23.0. The summed E-state index contributed by atoms with van der Waals surface area (Å²) < 4.78 is 12.6. The number of ether oxygens (including phenoxy) is 1. The average molecular weight is 470 g/mol. The third-order valence-corrected chi connectivity index (χ3v) is 5.85. The maximum Gasteiger partial charge on any atom is 0.246 e. The first-order chi connectivity index (χ1) is 17.1. The van der Waals surface area contributed by atoms with Crippen molar-refractivity contribution in [1.29, 1.82) is 0 Å². The van der Waals surface area contributed by atoms with Crippen molar-refractivity contribution in [2.75, 3.05) is 26.3 Å². The van der Waals surface area contributed by atoms with Crippen LogP contribution in [0.5, 0.6) is 0 Å². The van der Waals surface area contributed by atoms with Crippen molar-refractivity contribution < 1.29 is 14.4 Å². The molecule has 3 heterocycles. The minimum absolute atomic E-state index is 0.349. The minimum Gasteiger partial charge on any atom is -0.385 e. The van der Waals surface area contributed by atoms with Gasteiger partial charge in [0.15, 0.2) is 0 Å². The van der Waals surface area contributed by atoms with Gasteiger partial charge in [-0.05, 0) is 48.9 Å². The van der Waals surface area contributed by atoms with Gasteiger partial charge in [0.2, 0.25) is 11.7 Å². The molecule has 1 aliphatic rings. The first-order valence-electron chi connectivity index (χ1n) is 11.7. The number of aliphatic hydroxyl groups is 1. The second-order valence-electron chi connectivity index (χ2n) is 8.51. The summed E-state index contributed by atoms with van der Waals surface area (Å²) in [6, 6.07) is 16.2. The second-order valence-corrected chi connectivity index (χ2v) is 8.51. The Hall–Kier alpha value is -3.77. The van der Waals surface area contributed by atoms with Crippen LogP contribution in [0.1, 0.15) is 41.4 Å². The highest BCUT2D eigenvalue weighted by molar-refractivity contribution is 5.56. The molecular formula is C27H27N5O3. The zero-order valence-corrected chi connectivity index (χ0v) is 19.6. The number of hydrogen-bond acceptors (Lipinski definition) is 7.